The molecule has 2 rings (SSSR count). The minimum atomic E-state index is -0.268. The first-order valence-electron chi connectivity index (χ1n) is 7.00. The van der Waals surface area contributed by atoms with Crippen LogP contribution < -0.4 is 10.2 Å². The van der Waals surface area contributed by atoms with Crippen LogP contribution in [0.5, 0.6) is 0 Å². The predicted molar refractivity (Wildman–Crippen MR) is 84.9 cm³/mol. The van der Waals surface area contributed by atoms with Crippen molar-refractivity contribution in [1.29, 1.82) is 0 Å². The van der Waals surface area contributed by atoms with Gasteiger partial charge < -0.3 is 10.2 Å². The van der Waals surface area contributed by atoms with Crippen LogP contribution in [0, 0.1) is 12.7 Å². The minimum absolute atomic E-state index is 0.200. The highest BCUT2D eigenvalue weighted by molar-refractivity contribution is 5.67. The monoisotopic (exact) mass is 288 g/mol. The number of halogens is 1. The Kier molecular flexibility index (Phi) is 4.40. The highest BCUT2D eigenvalue weighted by Gasteiger charge is 2.18. The Morgan fingerprint density at radius 1 is 1.19 bits per heavy atom. The summed E-state index contributed by atoms with van der Waals surface area (Å²) in [5.41, 5.74) is 1.39. The Balaban J connectivity index is 2.57. The molecule has 1 aromatic carbocycles. The van der Waals surface area contributed by atoms with Crippen molar-refractivity contribution in [3.63, 3.8) is 0 Å². The van der Waals surface area contributed by atoms with Gasteiger partial charge in [-0.25, -0.2) is 14.4 Å². The van der Waals surface area contributed by atoms with Gasteiger partial charge in [0.25, 0.3) is 0 Å². The second-order valence-corrected chi connectivity index (χ2v) is 5.29. The molecule has 1 N–H and O–H groups in total. The lowest BCUT2D eigenvalue weighted by Gasteiger charge is -2.23. The van der Waals surface area contributed by atoms with E-state index in [1.54, 1.807) is 17.0 Å². The zero-order valence-corrected chi connectivity index (χ0v) is 13.1. The lowest BCUT2D eigenvalue weighted by atomic mass is 10.2. The van der Waals surface area contributed by atoms with Crippen LogP contribution in [0.4, 0.5) is 21.7 Å². The first-order valence-corrected chi connectivity index (χ1v) is 7.00. The number of nitrogens with zero attached hydrogens (tertiary/aromatic N) is 3. The fourth-order valence-electron chi connectivity index (χ4n) is 2.19. The number of hydrogen-bond donors (Lipinski definition) is 1. The van der Waals surface area contributed by atoms with Gasteiger partial charge in [-0.15, -0.1) is 0 Å². The van der Waals surface area contributed by atoms with Crippen LogP contribution >= 0.6 is 0 Å². The Hall–Kier alpha value is -2.17. The van der Waals surface area contributed by atoms with E-state index in [4.69, 9.17) is 0 Å². The highest BCUT2D eigenvalue weighted by atomic mass is 19.1. The lowest BCUT2D eigenvalue weighted by Crippen LogP contribution is -2.17. The van der Waals surface area contributed by atoms with E-state index in [0.717, 1.165) is 17.2 Å². The summed E-state index contributed by atoms with van der Waals surface area (Å²) in [6.45, 7) is 6.01. The summed E-state index contributed by atoms with van der Waals surface area (Å²) in [7, 11) is 3.64. The SMILES string of the molecule is CNc1nc(C(C)C)nc(N(C)c2ccccc2F)c1C. The summed E-state index contributed by atoms with van der Waals surface area (Å²) >= 11 is 0. The number of hydrogen-bond acceptors (Lipinski definition) is 4. The van der Waals surface area contributed by atoms with Gasteiger partial charge >= 0.3 is 0 Å². The summed E-state index contributed by atoms with van der Waals surface area (Å²) in [5, 5.41) is 3.08. The molecule has 0 fully saturated rings. The fourth-order valence-corrected chi connectivity index (χ4v) is 2.19. The molecule has 0 unspecified atom stereocenters. The quantitative estimate of drug-likeness (QED) is 0.927. The molecule has 0 spiro atoms. The zero-order chi connectivity index (χ0) is 15.6. The third-order valence-electron chi connectivity index (χ3n) is 3.42. The van der Waals surface area contributed by atoms with Crippen LogP contribution in [0.2, 0.25) is 0 Å². The first-order chi connectivity index (χ1) is 9.95. The summed E-state index contributed by atoms with van der Waals surface area (Å²) in [4.78, 5) is 10.9. The molecule has 0 bridgehead atoms. The van der Waals surface area contributed by atoms with Crippen molar-refractivity contribution in [1.82, 2.24) is 9.97 Å². The molecule has 112 valence electrons. The molecule has 0 atom stereocenters. The molecule has 0 aliphatic carbocycles. The smallest absolute Gasteiger partial charge is 0.146 e. The van der Waals surface area contributed by atoms with Crippen LogP contribution in [0.15, 0.2) is 24.3 Å². The number of anilines is 3. The van der Waals surface area contributed by atoms with Crippen molar-refractivity contribution >= 4 is 17.3 Å². The predicted octanol–water partition coefficient (Wildman–Crippen LogP) is 3.86. The largest absolute Gasteiger partial charge is 0.373 e. The van der Waals surface area contributed by atoms with E-state index in [-0.39, 0.29) is 11.7 Å². The molecule has 4 nitrogen and oxygen atoms in total. The fraction of sp³-hybridized carbons (Fsp3) is 0.375. The van der Waals surface area contributed by atoms with Crippen molar-refractivity contribution in [2.24, 2.45) is 0 Å². The second kappa shape index (κ2) is 6.08. The maximum Gasteiger partial charge on any atom is 0.146 e. The summed E-state index contributed by atoms with van der Waals surface area (Å²) in [6.07, 6.45) is 0. The van der Waals surface area contributed by atoms with E-state index in [0.29, 0.717) is 11.5 Å². The van der Waals surface area contributed by atoms with Gasteiger partial charge in [0.1, 0.15) is 23.3 Å². The lowest BCUT2D eigenvalue weighted by molar-refractivity contribution is 0.627. The maximum absolute atomic E-state index is 14.0. The summed E-state index contributed by atoms with van der Waals surface area (Å²) < 4.78 is 14.0. The zero-order valence-electron chi connectivity index (χ0n) is 13.1. The van der Waals surface area contributed by atoms with Crippen molar-refractivity contribution in [2.75, 3.05) is 24.3 Å². The Labute approximate surface area is 125 Å². The average molecular weight is 288 g/mol. The number of rotatable bonds is 4. The second-order valence-electron chi connectivity index (χ2n) is 5.29. The molecule has 1 heterocycles. The first kappa shape index (κ1) is 15.2. The van der Waals surface area contributed by atoms with E-state index in [9.17, 15) is 4.39 Å². The van der Waals surface area contributed by atoms with Gasteiger partial charge in [-0.2, -0.15) is 0 Å². The molecule has 0 aliphatic heterocycles. The van der Waals surface area contributed by atoms with E-state index in [1.165, 1.54) is 6.07 Å². The molecular formula is C16H21FN4. The third-order valence-corrected chi connectivity index (χ3v) is 3.42. The Morgan fingerprint density at radius 3 is 2.43 bits per heavy atom. The molecule has 0 saturated carbocycles. The van der Waals surface area contributed by atoms with Crippen molar-refractivity contribution in [3.05, 3.63) is 41.5 Å². The van der Waals surface area contributed by atoms with Crippen LogP contribution in [0.1, 0.15) is 31.2 Å². The number of nitrogens with one attached hydrogen (secondary N) is 1. The standard InChI is InChI=1S/C16H21FN4/c1-10(2)14-19-15(18-4)11(3)16(20-14)21(5)13-9-7-6-8-12(13)17/h6-10H,1-5H3,(H,18,19,20). The Bertz CT molecular complexity index is 640. The Morgan fingerprint density at radius 2 is 1.86 bits per heavy atom. The topological polar surface area (TPSA) is 41.1 Å². The van der Waals surface area contributed by atoms with Crippen molar-refractivity contribution in [3.8, 4) is 0 Å². The van der Waals surface area contributed by atoms with Crippen LogP contribution in [0.3, 0.4) is 0 Å². The van der Waals surface area contributed by atoms with E-state index in [2.05, 4.69) is 15.3 Å². The molecule has 0 amide bonds. The van der Waals surface area contributed by atoms with Gasteiger partial charge in [0.15, 0.2) is 0 Å². The molecule has 0 radical (unpaired) electrons. The van der Waals surface area contributed by atoms with E-state index in [1.807, 2.05) is 40.9 Å². The molecule has 21 heavy (non-hydrogen) atoms. The molecule has 0 aliphatic rings. The maximum atomic E-state index is 14.0. The highest BCUT2D eigenvalue weighted by Crippen LogP contribution is 2.31. The van der Waals surface area contributed by atoms with Crippen LogP contribution in [-0.4, -0.2) is 24.1 Å². The number of benzene rings is 1. The van der Waals surface area contributed by atoms with Crippen LogP contribution in [0.25, 0.3) is 0 Å². The summed E-state index contributed by atoms with van der Waals surface area (Å²) in [6, 6.07) is 6.68. The van der Waals surface area contributed by atoms with Gasteiger partial charge in [-0.3, -0.25) is 0 Å². The molecule has 2 aromatic rings. The van der Waals surface area contributed by atoms with Gasteiger partial charge in [0.2, 0.25) is 0 Å². The van der Waals surface area contributed by atoms with Crippen molar-refractivity contribution in [2.45, 2.75) is 26.7 Å². The van der Waals surface area contributed by atoms with Gasteiger partial charge in [-0.1, -0.05) is 26.0 Å². The van der Waals surface area contributed by atoms with E-state index >= 15 is 0 Å². The molecule has 5 heteroatoms. The van der Waals surface area contributed by atoms with Gasteiger partial charge in [-0.05, 0) is 19.1 Å². The van der Waals surface area contributed by atoms with E-state index < -0.39 is 0 Å². The third kappa shape index (κ3) is 2.96. The number of aromatic nitrogens is 2. The molecule has 1 aromatic heterocycles. The summed E-state index contributed by atoms with van der Waals surface area (Å²) in [5.74, 6) is 2.15. The number of para-hydroxylation sites is 1. The van der Waals surface area contributed by atoms with Gasteiger partial charge in [0, 0.05) is 25.6 Å². The minimum Gasteiger partial charge on any atom is -0.373 e. The van der Waals surface area contributed by atoms with Crippen LogP contribution in [-0.2, 0) is 0 Å². The average Bonchev–Trinajstić information content (AvgIpc) is 2.47. The van der Waals surface area contributed by atoms with Gasteiger partial charge in [0.05, 0.1) is 5.69 Å². The molecule has 0 saturated heterocycles. The molecular weight excluding hydrogens is 267 g/mol. The normalized spacial score (nSPS) is 10.8. The van der Waals surface area contributed by atoms with Crippen molar-refractivity contribution < 1.29 is 4.39 Å².